The third-order valence-electron chi connectivity index (χ3n) is 9.79. The summed E-state index contributed by atoms with van der Waals surface area (Å²) in [5.74, 6) is -0.985. The van der Waals surface area contributed by atoms with Crippen molar-refractivity contribution in [3.05, 3.63) is 70.8 Å². The third kappa shape index (κ3) is 10.4. The Balaban J connectivity index is 0.990. The van der Waals surface area contributed by atoms with Crippen LogP contribution >= 0.6 is 0 Å². The van der Waals surface area contributed by atoms with Crippen molar-refractivity contribution in [1.82, 2.24) is 40.0 Å². The maximum absolute atomic E-state index is 13.1. The zero-order valence-corrected chi connectivity index (χ0v) is 29.6. The predicted molar refractivity (Wildman–Crippen MR) is 192 cm³/mol. The summed E-state index contributed by atoms with van der Waals surface area (Å²) in [5, 5.41) is 5.82. The summed E-state index contributed by atoms with van der Waals surface area (Å²) in [7, 11) is 0. The molecule has 280 valence electrons. The van der Waals surface area contributed by atoms with Gasteiger partial charge in [0.25, 0.3) is 0 Å². The third-order valence-corrected chi connectivity index (χ3v) is 9.79. The number of nitrogens with zero attached hydrogens (tertiary/aromatic N) is 6. The van der Waals surface area contributed by atoms with E-state index in [1.165, 1.54) is 9.80 Å². The number of benzene rings is 2. The normalized spacial score (nSPS) is 17.1. The van der Waals surface area contributed by atoms with E-state index in [1.54, 1.807) is 19.6 Å². The number of carbonyl (C=O) groups excluding carboxylic acids is 6. The van der Waals surface area contributed by atoms with Gasteiger partial charge in [0.2, 0.25) is 23.6 Å². The van der Waals surface area contributed by atoms with E-state index < -0.39 is 0 Å². The van der Waals surface area contributed by atoms with Crippen molar-refractivity contribution in [3.63, 3.8) is 0 Å². The molecule has 0 bridgehead atoms. The molecule has 52 heavy (non-hydrogen) atoms. The van der Waals surface area contributed by atoms with Crippen LogP contribution in [0.15, 0.2) is 48.5 Å². The molecule has 0 spiro atoms. The lowest BCUT2D eigenvalue weighted by atomic mass is 10.1. The van der Waals surface area contributed by atoms with Crippen molar-refractivity contribution >= 4 is 35.7 Å². The molecule has 0 aliphatic carbocycles. The summed E-state index contributed by atoms with van der Waals surface area (Å²) in [6.07, 6.45) is -0.00378. The largest absolute Gasteiger partial charge is 0.338 e. The van der Waals surface area contributed by atoms with Gasteiger partial charge in [-0.3, -0.25) is 19.2 Å². The molecule has 2 aromatic rings. The first kappa shape index (κ1) is 38.0. The predicted octanol–water partition coefficient (Wildman–Crippen LogP) is -0.537. The Bertz CT molecular complexity index is 1450. The van der Waals surface area contributed by atoms with Gasteiger partial charge >= 0.3 is 12.1 Å². The Morgan fingerprint density at radius 3 is 1.12 bits per heavy atom. The van der Waals surface area contributed by atoms with E-state index >= 15 is 0 Å². The summed E-state index contributed by atoms with van der Waals surface area (Å²) in [5.41, 5.74) is 15.2. The molecule has 3 heterocycles. The molecule has 0 atom stereocenters. The average molecular weight is 719 g/mol. The monoisotopic (exact) mass is 718 g/mol. The van der Waals surface area contributed by atoms with Crippen LogP contribution in [-0.2, 0) is 45.4 Å². The van der Waals surface area contributed by atoms with E-state index in [-0.39, 0.29) is 74.7 Å². The van der Waals surface area contributed by atoms with Gasteiger partial charge in [-0.1, -0.05) is 48.5 Å². The number of nitrogens with two attached hydrogens (primary N) is 2. The van der Waals surface area contributed by atoms with Crippen LogP contribution in [0, 0.1) is 0 Å². The second-order valence-electron chi connectivity index (χ2n) is 13.2. The highest BCUT2D eigenvalue weighted by Crippen LogP contribution is 2.12. The fraction of sp³-hybridized carbons (Fsp3) is 0.500. The lowest BCUT2D eigenvalue weighted by Gasteiger charge is -2.37. The van der Waals surface area contributed by atoms with Crippen LogP contribution < -0.4 is 22.1 Å². The van der Waals surface area contributed by atoms with Gasteiger partial charge in [-0.05, 0) is 22.3 Å². The van der Waals surface area contributed by atoms with Crippen LogP contribution in [0.4, 0.5) is 9.59 Å². The minimum Gasteiger partial charge on any atom is -0.338 e. The van der Waals surface area contributed by atoms with Gasteiger partial charge in [0.1, 0.15) is 0 Å². The zero-order valence-electron chi connectivity index (χ0n) is 29.6. The summed E-state index contributed by atoms with van der Waals surface area (Å²) >= 11 is 0. The molecule has 3 aliphatic heterocycles. The molecule has 3 fully saturated rings. The number of piperazine rings is 2. The number of rotatable bonds is 10. The van der Waals surface area contributed by atoms with Crippen molar-refractivity contribution in [2.45, 2.75) is 39.0 Å². The lowest BCUT2D eigenvalue weighted by molar-refractivity contribution is -0.147. The maximum atomic E-state index is 13.1. The smallest absolute Gasteiger partial charge is 0.317 e. The van der Waals surface area contributed by atoms with Crippen LogP contribution in [0.5, 0.6) is 0 Å². The Kier molecular flexibility index (Phi) is 13.4. The van der Waals surface area contributed by atoms with E-state index in [2.05, 4.69) is 10.6 Å². The number of nitrogens with one attached hydrogen (secondary N) is 2. The van der Waals surface area contributed by atoms with Crippen molar-refractivity contribution in [1.29, 1.82) is 0 Å². The first-order chi connectivity index (χ1) is 25.1. The highest BCUT2D eigenvalue weighted by Gasteiger charge is 2.31. The summed E-state index contributed by atoms with van der Waals surface area (Å²) in [6.45, 7) is 4.39. The van der Waals surface area contributed by atoms with Crippen LogP contribution in [-0.4, -0.2) is 144 Å². The molecule has 0 aromatic heterocycles. The van der Waals surface area contributed by atoms with Gasteiger partial charge in [0.05, 0.1) is 13.1 Å². The highest BCUT2D eigenvalue weighted by molar-refractivity contribution is 5.89. The lowest BCUT2D eigenvalue weighted by Crippen LogP contribution is -2.56. The fourth-order valence-electron chi connectivity index (χ4n) is 6.37. The number of amides is 8. The molecule has 6 N–H and O–H groups in total. The minimum atomic E-state index is -0.259. The van der Waals surface area contributed by atoms with E-state index in [0.717, 1.165) is 22.3 Å². The van der Waals surface area contributed by atoms with Gasteiger partial charge in [0, 0.05) is 104 Å². The molecule has 16 nitrogen and oxygen atoms in total. The molecule has 16 heteroatoms. The quantitative estimate of drug-likeness (QED) is 0.251. The summed E-state index contributed by atoms with van der Waals surface area (Å²) < 4.78 is 0. The Morgan fingerprint density at radius 1 is 0.481 bits per heavy atom. The topological polar surface area (TPSA) is 198 Å². The van der Waals surface area contributed by atoms with Crippen LogP contribution in [0.1, 0.15) is 35.1 Å². The van der Waals surface area contributed by atoms with Gasteiger partial charge < -0.3 is 51.5 Å². The van der Waals surface area contributed by atoms with Crippen molar-refractivity contribution in [2.75, 3.05) is 78.5 Å². The number of hydrogen-bond donors (Lipinski definition) is 4. The number of carbonyl (C=O) groups is 6. The molecule has 0 radical (unpaired) electrons. The molecule has 3 saturated heterocycles. The first-order valence-corrected chi connectivity index (χ1v) is 17.9. The van der Waals surface area contributed by atoms with Gasteiger partial charge in [0.15, 0.2) is 0 Å². The van der Waals surface area contributed by atoms with E-state index in [1.807, 2.05) is 48.5 Å². The highest BCUT2D eigenvalue weighted by atomic mass is 16.2. The maximum Gasteiger partial charge on any atom is 0.317 e. The SMILES string of the molecule is NCc1ccc(CNC(=O)N2CCN(C(=O)CN3CCC(=O)N(CC(=O)N4CCN(C(=O)NCc5ccc(CN)cc5)CC4)CCC3=O)CC2)cc1. The Labute approximate surface area is 304 Å². The standard InChI is InChI=1S/C36H50N10O6/c37-21-27-1-5-29(6-2-27)23-39-35(51)43-17-13-41(14-18-43)33(49)25-45-11-9-32(48)46(12-10-31(45)47)26-34(50)42-15-19-44(20-16-42)36(52)40-24-30-7-3-28(22-38)4-8-30/h1-8H,9-26,37-38H2,(H,39,51)(H,40,52). The second kappa shape index (κ2) is 18.3. The van der Waals surface area contributed by atoms with Gasteiger partial charge in [-0.2, -0.15) is 0 Å². The van der Waals surface area contributed by atoms with E-state index in [0.29, 0.717) is 78.5 Å². The minimum absolute atomic E-state index is 0.00189. The molecule has 2 aromatic carbocycles. The zero-order chi connectivity index (χ0) is 37.0. The number of urea groups is 2. The molecular weight excluding hydrogens is 668 g/mol. The molecule has 5 rings (SSSR count). The molecular formula is C36H50N10O6. The fourth-order valence-corrected chi connectivity index (χ4v) is 6.37. The van der Waals surface area contributed by atoms with Crippen molar-refractivity contribution in [2.24, 2.45) is 11.5 Å². The second-order valence-corrected chi connectivity index (χ2v) is 13.2. The average Bonchev–Trinajstić information content (AvgIpc) is 3.18. The number of hydrogen-bond acceptors (Lipinski definition) is 8. The molecule has 3 aliphatic rings. The molecule has 8 amide bonds. The van der Waals surface area contributed by atoms with Crippen molar-refractivity contribution < 1.29 is 28.8 Å². The summed E-state index contributed by atoms with van der Waals surface area (Å²) in [6, 6.07) is 15.0. The Morgan fingerprint density at radius 2 is 0.788 bits per heavy atom. The van der Waals surface area contributed by atoms with Gasteiger partial charge in [-0.25, -0.2) is 9.59 Å². The first-order valence-electron chi connectivity index (χ1n) is 17.9. The van der Waals surface area contributed by atoms with E-state index in [9.17, 15) is 28.8 Å². The van der Waals surface area contributed by atoms with Crippen molar-refractivity contribution in [3.8, 4) is 0 Å². The van der Waals surface area contributed by atoms with E-state index in [4.69, 9.17) is 11.5 Å². The summed E-state index contributed by atoms with van der Waals surface area (Å²) in [4.78, 5) is 87.2. The van der Waals surface area contributed by atoms with Gasteiger partial charge in [-0.15, -0.1) is 0 Å². The molecule has 0 unspecified atom stereocenters. The Hall–Kier alpha value is -5.22. The van der Waals surface area contributed by atoms with Crippen LogP contribution in [0.25, 0.3) is 0 Å². The molecule has 0 saturated carbocycles. The van der Waals surface area contributed by atoms with Crippen LogP contribution in [0.3, 0.4) is 0 Å². The van der Waals surface area contributed by atoms with Crippen LogP contribution in [0.2, 0.25) is 0 Å².